The standard InChI is InChI=1S/C21H27N3OS3/c1-14-9-15(2)11-24(10-14)12-18-13-28-21(22-18)23-19(25)16-3-5-17(6-4-16)20-26-7-8-27-20/h3-6,13-15,20H,7-12H2,1-2H3,(H,22,23,25). The first-order valence-corrected chi connectivity index (χ1v) is 12.9. The van der Waals surface area contributed by atoms with Crippen LogP contribution in [0.1, 0.15) is 46.5 Å². The number of nitrogens with one attached hydrogen (secondary N) is 1. The van der Waals surface area contributed by atoms with E-state index in [-0.39, 0.29) is 5.91 Å². The average molecular weight is 434 g/mol. The summed E-state index contributed by atoms with van der Waals surface area (Å²) in [4.78, 5) is 19.7. The molecule has 1 aromatic heterocycles. The van der Waals surface area contributed by atoms with E-state index >= 15 is 0 Å². The van der Waals surface area contributed by atoms with Crippen LogP contribution >= 0.6 is 34.9 Å². The zero-order chi connectivity index (χ0) is 19.5. The lowest BCUT2D eigenvalue weighted by molar-refractivity contribution is 0.102. The van der Waals surface area contributed by atoms with Crippen LogP contribution in [0.5, 0.6) is 0 Å². The van der Waals surface area contributed by atoms with Crippen LogP contribution < -0.4 is 5.32 Å². The van der Waals surface area contributed by atoms with Gasteiger partial charge in [0.05, 0.1) is 10.3 Å². The van der Waals surface area contributed by atoms with Gasteiger partial charge in [0.25, 0.3) is 5.91 Å². The summed E-state index contributed by atoms with van der Waals surface area (Å²) in [5, 5.41) is 5.71. The minimum absolute atomic E-state index is 0.0839. The minimum atomic E-state index is -0.0839. The third-order valence-corrected chi connectivity index (χ3v) is 9.08. The Bertz CT molecular complexity index is 791. The highest BCUT2D eigenvalue weighted by atomic mass is 32.2. The number of piperidine rings is 1. The Hall–Kier alpha value is -1.02. The predicted molar refractivity (Wildman–Crippen MR) is 122 cm³/mol. The van der Waals surface area contributed by atoms with Gasteiger partial charge in [-0.25, -0.2) is 4.98 Å². The van der Waals surface area contributed by atoms with Gasteiger partial charge in [0.15, 0.2) is 5.13 Å². The normalized spacial score (nSPS) is 23.8. The summed E-state index contributed by atoms with van der Waals surface area (Å²) in [5.74, 6) is 3.81. The van der Waals surface area contributed by atoms with Crippen molar-refractivity contribution in [2.45, 2.75) is 31.4 Å². The molecule has 2 aliphatic heterocycles. The Labute approximate surface area is 179 Å². The van der Waals surface area contributed by atoms with Gasteiger partial charge in [0, 0.05) is 42.1 Å². The van der Waals surface area contributed by atoms with Gasteiger partial charge in [0.2, 0.25) is 0 Å². The van der Waals surface area contributed by atoms with Crippen molar-refractivity contribution >= 4 is 45.9 Å². The van der Waals surface area contributed by atoms with Crippen molar-refractivity contribution in [3.63, 3.8) is 0 Å². The summed E-state index contributed by atoms with van der Waals surface area (Å²) < 4.78 is 0.513. The summed E-state index contributed by atoms with van der Waals surface area (Å²) in [6.07, 6.45) is 1.31. The Kier molecular flexibility index (Phi) is 6.66. The molecule has 4 rings (SSSR count). The van der Waals surface area contributed by atoms with Gasteiger partial charge in [-0.05, 0) is 36.0 Å². The number of amides is 1. The fourth-order valence-electron chi connectivity index (χ4n) is 4.10. The molecule has 3 heterocycles. The number of hydrogen-bond donors (Lipinski definition) is 1. The molecule has 2 saturated heterocycles. The van der Waals surface area contributed by atoms with Crippen molar-refractivity contribution in [2.75, 3.05) is 29.9 Å². The lowest BCUT2D eigenvalue weighted by Gasteiger charge is -2.34. The molecule has 1 amide bonds. The largest absolute Gasteiger partial charge is 0.298 e. The maximum absolute atomic E-state index is 12.6. The summed E-state index contributed by atoms with van der Waals surface area (Å²) in [6.45, 7) is 7.78. The van der Waals surface area contributed by atoms with E-state index < -0.39 is 0 Å². The fraction of sp³-hybridized carbons (Fsp3) is 0.524. The Morgan fingerprint density at radius 1 is 1.14 bits per heavy atom. The number of thiazole rings is 1. The van der Waals surface area contributed by atoms with Gasteiger partial charge in [0.1, 0.15) is 0 Å². The molecule has 0 radical (unpaired) electrons. The molecule has 1 N–H and O–H groups in total. The molecule has 1 aromatic carbocycles. The van der Waals surface area contributed by atoms with Crippen molar-refractivity contribution in [3.05, 3.63) is 46.5 Å². The van der Waals surface area contributed by atoms with Crippen LogP contribution in [0.4, 0.5) is 5.13 Å². The van der Waals surface area contributed by atoms with E-state index in [1.165, 1.54) is 34.8 Å². The van der Waals surface area contributed by atoms with Crippen molar-refractivity contribution < 1.29 is 4.79 Å². The van der Waals surface area contributed by atoms with Crippen molar-refractivity contribution in [2.24, 2.45) is 11.8 Å². The molecular formula is C21H27N3OS3. The van der Waals surface area contributed by atoms with E-state index in [2.05, 4.69) is 46.6 Å². The van der Waals surface area contributed by atoms with Crippen LogP contribution in [0.2, 0.25) is 0 Å². The lowest BCUT2D eigenvalue weighted by Crippen LogP contribution is -2.38. The number of hydrogen-bond acceptors (Lipinski definition) is 6. The second kappa shape index (κ2) is 9.20. The van der Waals surface area contributed by atoms with Gasteiger partial charge in [-0.1, -0.05) is 26.0 Å². The summed E-state index contributed by atoms with van der Waals surface area (Å²) in [7, 11) is 0. The van der Waals surface area contributed by atoms with Gasteiger partial charge in [-0.15, -0.1) is 34.9 Å². The fourth-order valence-corrected chi connectivity index (χ4v) is 7.65. The smallest absolute Gasteiger partial charge is 0.257 e. The molecule has 2 aliphatic rings. The average Bonchev–Trinajstić information content (AvgIpc) is 3.33. The molecule has 2 fully saturated rings. The topological polar surface area (TPSA) is 45.2 Å². The van der Waals surface area contributed by atoms with Crippen molar-refractivity contribution in [1.82, 2.24) is 9.88 Å². The Balaban J connectivity index is 1.33. The quantitative estimate of drug-likeness (QED) is 0.688. The highest BCUT2D eigenvalue weighted by molar-refractivity contribution is 8.19. The van der Waals surface area contributed by atoms with Gasteiger partial charge < -0.3 is 0 Å². The van der Waals surface area contributed by atoms with E-state index in [1.807, 2.05) is 35.7 Å². The zero-order valence-electron chi connectivity index (χ0n) is 16.4. The molecule has 2 unspecified atom stereocenters. The summed E-state index contributed by atoms with van der Waals surface area (Å²) >= 11 is 5.47. The van der Waals surface area contributed by atoms with E-state index in [0.717, 1.165) is 37.2 Å². The number of carbonyl (C=O) groups excluding carboxylic acids is 1. The monoisotopic (exact) mass is 433 g/mol. The van der Waals surface area contributed by atoms with Crippen LogP contribution in [-0.2, 0) is 6.54 Å². The molecule has 4 nitrogen and oxygen atoms in total. The molecular weight excluding hydrogens is 406 g/mol. The molecule has 7 heteroatoms. The maximum atomic E-state index is 12.6. The highest BCUT2D eigenvalue weighted by Crippen LogP contribution is 2.45. The summed E-state index contributed by atoms with van der Waals surface area (Å²) in [5.41, 5.74) is 3.03. The lowest BCUT2D eigenvalue weighted by atomic mass is 9.92. The second-order valence-electron chi connectivity index (χ2n) is 7.93. The van der Waals surface area contributed by atoms with Crippen LogP contribution in [-0.4, -0.2) is 40.4 Å². The first kappa shape index (κ1) is 20.3. The van der Waals surface area contributed by atoms with Crippen molar-refractivity contribution in [1.29, 1.82) is 0 Å². The third-order valence-electron chi connectivity index (χ3n) is 5.17. The van der Waals surface area contributed by atoms with Crippen LogP contribution in [0.3, 0.4) is 0 Å². The van der Waals surface area contributed by atoms with Gasteiger partial charge in [-0.2, -0.15) is 0 Å². The SMILES string of the molecule is CC1CC(C)CN(Cc2csc(NC(=O)c3ccc(C4SCCS4)cc3)n2)C1. The minimum Gasteiger partial charge on any atom is -0.298 e. The highest BCUT2D eigenvalue weighted by Gasteiger charge is 2.22. The molecule has 0 saturated carbocycles. The number of benzene rings is 1. The van der Waals surface area contributed by atoms with Crippen molar-refractivity contribution in [3.8, 4) is 0 Å². The number of thioether (sulfide) groups is 2. The zero-order valence-corrected chi connectivity index (χ0v) is 18.8. The number of rotatable bonds is 5. The van der Waals surface area contributed by atoms with E-state index in [0.29, 0.717) is 15.3 Å². The molecule has 150 valence electrons. The Morgan fingerprint density at radius 2 is 1.82 bits per heavy atom. The molecule has 0 bridgehead atoms. The molecule has 28 heavy (non-hydrogen) atoms. The van der Waals surface area contributed by atoms with Crippen LogP contribution in [0.15, 0.2) is 29.6 Å². The molecule has 0 aliphatic carbocycles. The maximum Gasteiger partial charge on any atom is 0.257 e. The first-order chi connectivity index (χ1) is 13.6. The number of likely N-dealkylation sites (tertiary alicyclic amines) is 1. The number of anilines is 1. The van der Waals surface area contributed by atoms with E-state index in [9.17, 15) is 4.79 Å². The molecule has 2 atom stereocenters. The predicted octanol–water partition coefficient (Wildman–Crippen LogP) is 5.35. The first-order valence-electron chi connectivity index (χ1n) is 9.88. The second-order valence-corrected chi connectivity index (χ2v) is 11.5. The molecule has 2 aromatic rings. The summed E-state index contributed by atoms with van der Waals surface area (Å²) in [6, 6.07) is 8.01. The third kappa shape index (κ3) is 5.12. The Morgan fingerprint density at radius 3 is 2.50 bits per heavy atom. The number of aromatic nitrogens is 1. The number of carbonyl (C=O) groups is 1. The number of nitrogens with zero attached hydrogens (tertiary/aromatic N) is 2. The van der Waals surface area contributed by atoms with Gasteiger partial charge >= 0.3 is 0 Å². The van der Waals surface area contributed by atoms with Crippen LogP contribution in [0.25, 0.3) is 0 Å². The van der Waals surface area contributed by atoms with Crippen LogP contribution in [0, 0.1) is 11.8 Å². The molecule has 0 spiro atoms. The van der Waals surface area contributed by atoms with Gasteiger partial charge in [-0.3, -0.25) is 15.0 Å². The van der Waals surface area contributed by atoms with E-state index in [1.54, 1.807) is 0 Å². The van der Waals surface area contributed by atoms with E-state index in [4.69, 9.17) is 0 Å².